The third-order valence-electron chi connectivity index (χ3n) is 2.21. The number of nitrogens with zero attached hydrogens (tertiary/aromatic N) is 3. The Morgan fingerprint density at radius 1 is 1.44 bits per heavy atom. The summed E-state index contributed by atoms with van der Waals surface area (Å²) in [5.41, 5.74) is 3.25. The van der Waals surface area contributed by atoms with Crippen molar-refractivity contribution in [2.24, 2.45) is 5.84 Å². The highest BCUT2D eigenvalue weighted by Crippen LogP contribution is 2.12. The van der Waals surface area contributed by atoms with Crippen molar-refractivity contribution >= 4 is 23.1 Å². The van der Waals surface area contributed by atoms with E-state index in [-0.39, 0.29) is 11.8 Å². The molecule has 0 aliphatic rings. The van der Waals surface area contributed by atoms with Gasteiger partial charge in [-0.25, -0.2) is 20.2 Å². The number of hydrazine groups is 1. The van der Waals surface area contributed by atoms with Crippen LogP contribution in [-0.4, -0.2) is 21.5 Å². The quantitative estimate of drug-likeness (QED) is 0.560. The minimum absolute atomic E-state index is 0.130. The molecule has 0 aliphatic carbocycles. The van der Waals surface area contributed by atoms with Crippen molar-refractivity contribution in [3.63, 3.8) is 0 Å². The second-order valence-corrected chi connectivity index (χ2v) is 4.63. The van der Waals surface area contributed by atoms with Gasteiger partial charge in [0.05, 0.1) is 16.9 Å². The van der Waals surface area contributed by atoms with Gasteiger partial charge in [0.25, 0.3) is 0 Å². The Morgan fingerprint density at radius 3 is 2.94 bits per heavy atom. The average Bonchev–Trinajstić information content (AvgIpc) is 2.77. The molecule has 4 N–H and O–H groups in total. The molecule has 0 saturated carbocycles. The standard InChI is InChI=1S/C10H13FN6S/c1-6-15-7(5-18-6)2-3-13-9-8(11)4-14-10(16-9)17-12/h4-5H,2-3,12H2,1H3,(H2,13,14,16,17). The van der Waals surface area contributed by atoms with Gasteiger partial charge >= 0.3 is 0 Å². The zero-order valence-corrected chi connectivity index (χ0v) is 10.6. The van der Waals surface area contributed by atoms with Gasteiger partial charge in [0, 0.05) is 18.3 Å². The normalized spacial score (nSPS) is 10.4. The molecule has 96 valence electrons. The lowest BCUT2D eigenvalue weighted by molar-refractivity contribution is 0.617. The van der Waals surface area contributed by atoms with Gasteiger partial charge in [0.2, 0.25) is 5.95 Å². The molecule has 0 aliphatic heterocycles. The summed E-state index contributed by atoms with van der Waals surface area (Å²) in [7, 11) is 0. The molecule has 0 radical (unpaired) electrons. The zero-order valence-electron chi connectivity index (χ0n) is 9.77. The van der Waals surface area contributed by atoms with Gasteiger partial charge in [-0.3, -0.25) is 5.43 Å². The van der Waals surface area contributed by atoms with E-state index in [1.165, 1.54) is 0 Å². The third kappa shape index (κ3) is 3.11. The molecule has 0 atom stereocenters. The second-order valence-electron chi connectivity index (χ2n) is 3.57. The lowest BCUT2D eigenvalue weighted by Crippen LogP contribution is -2.14. The van der Waals surface area contributed by atoms with Gasteiger partial charge in [-0.05, 0) is 6.92 Å². The molecular formula is C10H13FN6S. The summed E-state index contributed by atoms with van der Waals surface area (Å²) >= 11 is 1.59. The van der Waals surface area contributed by atoms with Crippen LogP contribution in [-0.2, 0) is 6.42 Å². The maximum Gasteiger partial charge on any atom is 0.239 e. The van der Waals surface area contributed by atoms with Gasteiger partial charge in [0.1, 0.15) is 0 Å². The number of thiazole rings is 1. The molecule has 6 nitrogen and oxygen atoms in total. The molecule has 0 amide bonds. The van der Waals surface area contributed by atoms with Crippen molar-refractivity contribution in [2.45, 2.75) is 13.3 Å². The Balaban J connectivity index is 1.93. The molecule has 0 spiro atoms. The van der Waals surface area contributed by atoms with Crippen LogP contribution < -0.4 is 16.6 Å². The Bertz CT molecular complexity index is 529. The maximum atomic E-state index is 13.4. The predicted molar refractivity (Wildman–Crippen MR) is 68.8 cm³/mol. The fourth-order valence-corrected chi connectivity index (χ4v) is 2.04. The number of hydrogen-bond acceptors (Lipinski definition) is 7. The summed E-state index contributed by atoms with van der Waals surface area (Å²) in [6, 6.07) is 0. The van der Waals surface area contributed by atoms with E-state index in [1.54, 1.807) is 11.3 Å². The van der Waals surface area contributed by atoms with Gasteiger partial charge in [-0.15, -0.1) is 11.3 Å². The number of nitrogen functional groups attached to an aromatic ring is 1. The second kappa shape index (κ2) is 5.69. The molecule has 2 rings (SSSR count). The lowest BCUT2D eigenvalue weighted by atomic mass is 10.3. The van der Waals surface area contributed by atoms with Crippen LogP contribution in [0.1, 0.15) is 10.7 Å². The molecule has 0 unspecified atom stereocenters. The predicted octanol–water partition coefficient (Wildman–Crippen LogP) is 1.32. The summed E-state index contributed by atoms with van der Waals surface area (Å²) in [5.74, 6) is 4.95. The molecule has 2 aromatic heterocycles. The van der Waals surface area contributed by atoms with Crippen LogP contribution in [0.2, 0.25) is 0 Å². The van der Waals surface area contributed by atoms with Gasteiger partial charge in [-0.1, -0.05) is 0 Å². The zero-order chi connectivity index (χ0) is 13.0. The van der Waals surface area contributed by atoms with E-state index in [2.05, 4.69) is 25.7 Å². The number of anilines is 2. The van der Waals surface area contributed by atoms with Crippen LogP contribution in [0, 0.1) is 12.7 Å². The number of hydrogen-bond donors (Lipinski definition) is 3. The molecule has 2 aromatic rings. The molecule has 0 bridgehead atoms. The van der Waals surface area contributed by atoms with E-state index < -0.39 is 5.82 Å². The van der Waals surface area contributed by atoms with Crippen LogP contribution in [0.15, 0.2) is 11.6 Å². The summed E-state index contributed by atoms with van der Waals surface area (Å²) < 4.78 is 13.4. The van der Waals surface area contributed by atoms with E-state index in [9.17, 15) is 4.39 Å². The minimum Gasteiger partial charge on any atom is -0.367 e. The first-order chi connectivity index (χ1) is 8.69. The van der Waals surface area contributed by atoms with Gasteiger partial charge < -0.3 is 5.32 Å². The Kier molecular flexibility index (Phi) is 4.00. The summed E-state index contributed by atoms with van der Waals surface area (Å²) in [5, 5.41) is 5.90. The number of aromatic nitrogens is 3. The van der Waals surface area contributed by atoms with E-state index in [0.29, 0.717) is 13.0 Å². The van der Waals surface area contributed by atoms with E-state index in [4.69, 9.17) is 5.84 Å². The number of nitrogens with two attached hydrogens (primary N) is 1. The molecule has 0 fully saturated rings. The van der Waals surface area contributed by atoms with Crippen molar-refractivity contribution in [3.05, 3.63) is 28.1 Å². The molecule has 8 heteroatoms. The van der Waals surface area contributed by atoms with Crippen LogP contribution in [0.5, 0.6) is 0 Å². The first-order valence-electron chi connectivity index (χ1n) is 5.33. The first-order valence-corrected chi connectivity index (χ1v) is 6.21. The topological polar surface area (TPSA) is 88.8 Å². The van der Waals surface area contributed by atoms with Crippen molar-refractivity contribution in [1.29, 1.82) is 0 Å². The molecule has 0 saturated heterocycles. The Labute approximate surface area is 107 Å². The Hall–Kier alpha value is -1.80. The van der Waals surface area contributed by atoms with Gasteiger partial charge in [0.15, 0.2) is 11.6 Å². The smallest absolute Gasteiger partial charge is 0.239 e. The summed E-state index contributed by atoms with van der Waals surface area (Å²) in [4.78, 5) is 11.8. The number of nitrogens with one attached hydrogen (secondary N) is 2. The van der Waals surface area contributed by atoms with Gasteiger partial charge in [-0.2, -0.15) is 4.98 Å². The number of aryl methyl sites for hydroxylation is 1. The van der Waals surface area contributed by atoms with E-state index in [0.717, 1.165) is 16.9 Å². The van der Waals surface area contributed by atoms with Crippen molar-refractivity contribution < 1.29 is 4.39 Å². The third-order valence-corrected chi connectivity index (χ3v) is 3.04. The van der Waals surface area contributed by atoms with Crippen LogP contribution in [0.25, 0.3) is 0 Å². The lowest BCUT2D eigenvalue weighted by Gasteiger charge is -2.06. The van der Waals surface area contributed by atoms with Crippen molar-refractivity contribution in [3.8, 4) is 0 Å². The van der Waals surface area contributed by atoms with E-state index in [1.807, 2.05) is 12.3 Å². The van der Waals surface area contributed by atoms with Crippen molar-refractivity contribution in [2.75, 3.05) is 17.3 Å². The average molecular weight is 268 g/mol. The summed E-state index contributed by atoms with van der Waals surface area (Å²) in [6.07, 6.45) is 1.77. The SMILES string of the molecule is Cc1nc(CCNc2nc(NN)ncc2F)cs1. The largest absolute Gasteiger partial charge is 0.367 e. The minimum atomic E-state index is -0.511. The monoisotopic (exact) mass is 268 g/mol. The summed E-state index contributed by atoms with van der Waals surface area (Å²) in [6.45, 7) is 2.49. The van der Waals surface area contributed by atoms with Crippen molar-refractivity contribution in [1.82, 2.24) is 15.0 Å². The fourth-order valence-electron chi connectivity index (χ4n) is 1.39. The molecule has 2 heterocycles. The first kappa shape index (κ1) is 12.7. The number of halogens is 1. The maximum absolute atomic E-state index is 13.4. The molecule has 18 heavy (non-hydrogen) atoms. The highest BCUT2D eigenvalue weighted by atomic mass is 32.1. The number of rotatable bonds is 5. The molecule has 0 aromatic carbocycles. The fraction of sp³-hybridized carbons (Fsp3) is 0.300. The van der Waals surface area contributed by atoms with Crippen LogP contribution >= 0.6 is 11.3 Å². The van der Waals surface area contributed by atoms with Crippen LogP contribution in [0.3, 0.4) is 0 Å². The highest BCUT2D eigenvalue weighted by molar-refractivity contribution is 7.09. The van der Waals surface area contributed by atoms with Crippen LogP contribution in [0.4, 0.5) is 16.2 Å². The van der Waals surface area contributed by atoms with E-state index >= 15 is 0 Å². The highest BCUT2D eigenvalue weighted by Gasteiger charge is 2.06. The Morgan fingerprint density at radius 2 is 2.28 bits per heavy atom. The molecular weight excluding hydrogens is 255 g/mol.